The lowest BCUT2D eigenvalue weighted by molar-refractivity contribution is 0.101. The number of halogens is 2. The first-order valence-electron chi connectivity index (χ1n) is 9.73. The number of anilines is 2. The summed E-state index contributed by atoms with van der Waals surface area (Å²) in [5, 5.41) is 7.33. The molecule has 0 bridgehead atoms. The summed E-state index contributed by atoms with van der Waals surface area (Å²) in [6.45, 7) is 4.09. The molecule has 0 spiro atoms. The van der Waals surface area contributed by atoms with Crippen molar-refractivity contribution in [3.63, 3.8) is 0 Å². The Kier molecular flexibility index (Phi) is 6.01. The third-order valence-corrected chi connectivity index (χ3v) is 5.20. The van der Waals surface area contributed by atoms with Gasteiger partial charge in [0.1, 0.15) is 11.5 Å². The smallest absolute Gasteiger partial charge is 0.280 e. The van der Waals surface area contributed by atoms with Crippen LogP contribution in [0, 0.1) is 12.7 Å². The molecule has 2 heterocycles. The van der Waals surface area contributed by atoms with Crippen LogP contribution in [-0.2, 0) is 4.74 Å². The van der Waals surface area contributed by atoms with Crippen LogP contribution in [0.15, 0.2) is 53.3 Å². The van der Waals surface area contributed by atoms with Crippen molar-refractivity contribution in [2.45, 2.75) is 6.92 Å². The van der Waals surface area contributed by atoms with Crippen molar-refractivity contribution < 1.29 is 13.9 Å². The summed E-state index contributed by atoms with van der Waals surface area (Å²) in [5.41, 5.74) is 0.870. The molecule has 7 nitrogen and oxygen atoms in total. The number of nitrogens with one attached hydrogen (secondary N) is 1. The maximum Gasteiger partial charge on any atom is 0.280 e. The lowest BCUT2D eigenvalue weighted by atomic mass is 10.2. The molecule has 1 N–H and O–H groups in total. The standard InChI is InChI=1S/C22H20ClFN4O3/c1-14-12-20(29)21(26-28(14)18-5-3-2-4-16(18)24)22(30)25-17-13-15(23)6-7-19(17)27-8-10-31-11-9-27/h2-7,12-13H,8-11H2,1H3,(H,25,30). The number of para-hydroxylation sites is 1. The number of ether oxygens (including phenoxy) is 1. The summed E-state index contributed by atoms with van der Waals surface area (Å²) >= 11 is 6.14. The minimum atomic E-state index is -0.702. The Morgan fingerprint density at radius 3 is 2.61 bits per heavy atom. The molecule has 9 heteroatoms. The molecule has 1 aromatic heterocycles. The monoisotopic (exact) mass is 442 g/mol. The van der Waals surface area contributed by atoms with E-state index in [-0.39, 0.29) is 11.4 Å². The minimum Gasteiger partial charge on any atom is -0.378 e. The van der Waals surface area contributed by atoms with Crippen LogP contribution >= 0.6 is 11.6 Å². The molecule has 3 aromatic rings. The molecule has 1 fully saturated rings. The van der Waals surface area contributed by atoms with Crippen LogP contribution in [0.4, 0.5) is 15.8 Å². The van der Waals surface area contributed by atoms with E-state index in [1.807, 2.05) is 6.07 Å². The van der Waals surface area contributed by atoms with Crippen molar-refractivity contribution in [3.05, 3.63) is 81.0 Å². The van der Waals surface area contributed by atoms with Crippen LogP contribution in [0.1, 0.15) is 16.2 Å². The maximum atomic E-state index is 14.3. The Balaban J connectivity index is 1.70. The number of carbonyl (C=O) groups excluding carboxylic acids is 1. The fourth-order valence-electron chi connectivity index (χ4n) is 3.44. The van der Waals surface area contributed by atoms with Gasteiger partial charge in [-0.3, -0.25) is 9.59 Å². The fraction of sp³-hybridized carbons (Fsp3) is 0.227. The molecule has 31 heavy (non-hydrogen) atoms. The summed E-state index contributed by atoms with van der Waals surface area (Å²) < 4.78 is 20.9. The molecule has 0 saturated carbocycles. The number of amides is 1. The summed E-state index contributed by atoms with van der Waals surface area (Å²) in [4.78, 5) is 27.6. The Hall–Kier alpha value is -3.23. The normalized spacial score (nSPS) is 13.8. The van der Waals surface area contributed by atoms with Gasteiger partial charge in [0.25, 0.3) is 5.91 Å². The predicted molar refractivity (Wildman–Crippen MR) is 117 cm³/mol. The number of carbonyl (C=O) groups is 1. The van der Waals surface area contributed by atoms with E-state index < -0.39 is 17.2 Å². The van der Waals surface area contributed by atoms with Crippen molar-refractivity contribution >= 4 is 28.9 Å². The highest BCUT2D eigenvalue weighted by Gasteiger charge is 2.20. The van der Waals surface area contributed by atoms with Gasteiger partial charge in [-0.25, -0.2) is 9.07 Å². The summed E-state index contributed by atoms with van der Waals surface area (Å²) in [6, 6.07) is 12.4. The molecule has 2 aromatic carbocycles. The number of benzene rings is 2. The van der Waals surface area contributed by atoms with Gasteiger partial charge in [-0.05, 0) is 37.3 Å². The van der Waals surface area contributed by atoms with E-state index in [4.69, 9.17) is 16.3 Å². The molecule has 1 saturated heterocycles. The number of hydrogen-bond donors (Lipinski definition) is 1. The third-order valence-electron chi connectivity index (χ3n) is 4.96. The second-order valence-electron chi connectivity index (χ2n) is 7.08. The molecule has 0 aliphatic carbocycles. The molecule has 4 rings (SSSR count). The molecule has 160 valence electrons. The van der Waals surface area contributed by atoms with Crippen molar-refractivity contribution in [2.75, 3.05) is 36.5 Å². The van der Waals surface area contributed by atoms with Gasteiger partial charge < -0.3 is 15.0 Å². The van der Waals surface area contributed by atoms with Crippen LogP contribution in [0.2, 0.25) is 5.02 Å². The van der Waals surface area contributed by atoms with E-state index in [0.29, 0.717) is 42.7 Å². The molecule has 1 aliphatic heterocycles. The SMILES string of the molecule is Cc1cc(=O)c(C(=O)Nc2cc(Cl)ccc2N2CCOCC2)nn1-c1ccccc1F. The summed E-state index contributed by atoms with van der Waals surface area (Å²) in [5.74, 6) is -1.22. The number of hydrogen-bond acceptors (Lipinski definition) is 5. The quantitative estimate of drug-likeness (QED) is 0.670. The molecule has 0 atom stereocenters. The maximum absolute atomic E-state index is 14.3. The van der Waals surface area contributed by atoms with Crippen LogP contribution in [0.5, 0.6) is 0 Å². The first-order valence-corrected chi connectivity index (χ1v) is 10.1. The Bertz CT molecular complexity index is 1190. The zero-order chi connectivity index (χ0) is 22.0. The highest BCUT2D eigenvalue weighted by atomic mass is 35.5. The topological polar surface area (TPSA) is 76.5 Å². The average Bonchev–Trinajstić information content (AvgIpc) is 2.75. The molecular weight excluding hydrogens is 423 g/mol. The van der Waals surface area contributed by atoms with Gasteiger partial charge in [0.15, 0.2) is 5.69 Å². The Labute approximate surface area is 183 Å². The van der Waals surface area contributed by atoms with Crippen molar-refractivity contribution in [1.82, 2.24) is 9.78 Å². The highest BCUT2D eigenvalue weighted by molar-refractivity contribution is 6.31. The van der Waals surface area contributed by atoms with E-state index >= 15 is 0 Å². The lowest BCUT2D eigenvalue weighted by Gasteiger charge is -2.30. The van der Waals surface area contributed by atoms with E-state index in [0.717, 1.165) is 5.69 Å². The lowest BCUT2D eigenvalue weighted by Crippen LogP contribution is -2.37. The largest absolute Gasteiger partial charge is 0.378 e. The Morgan fingerprint density at radius 1 is 1.13 bits per heavy atom. The second kappa shape index (κ2) is 8.87. The minimum absolute atomic E-state index is 0.144. The van der Waals surface area contributed by atoms with E-state index in [2.05, 4.69) is 15.3 Å². The number of nitrogens with zero attached hydrogens (tertiary/aromatic N) is 3. The molecule has 0 radical (unpaired) electrons. The van der Waals surface area contributed by atoms with Gasteiger partial charge in [-0.1, -0.05) is 23.7 Å². The Morgan fingerprint density at radius 2 is 1.87 bits per heavy atom. The zero-order valence-electron chi connectivity index (χ0n) is 16.8. The second-order valence-corrected chi connectivity index (χ2v) is 7.51. The van der Waals surface area contributed by atoms with Crippen molar-refractivity contribution in [2.24, 2.45) is 0 Å². The summed E-state index contributed by atoms with van der Waals surface area (Å²) in [7, 11) is 0. The highest BCUT2D eigenvalue weighted by Crippen LogP contribution is 2.30. The van der Waals surface area contributed by atoms with Gasteiger partial charge >= 0.3 is 0 Å². The summed E-state index contributed by atoms with van der Waals surface area (Å²) in [6.07, 6.45) is 0. The van der Waals surface area contributed by atoms with E-state index in [1.165, 1.54) is 22.9 Å². The van der Waals surface area contributed by atoms with Crippen LogP contribution in [0.25, 0.3) is 5.69 Å². The number of aryl methyl sites for hydroxylation is 1. The van der Waals surface area contributed by atoms with Gasteiger partial charge in [0.05, 0.1) is 24.6 Å². The number of aromatic nitrogens is 2. The van der Waals surface area contributed by atoms with Gasteiger partial charge in [0.2, 0.25) is 5.43 Å². The number of rotatable bonds is 4. The van der Waals surface area contributed by atoms with Crippen molar-refractivity contribution in [1.29, 1.82) is 0 Å². The van der Waals surface area contributed by atoms with Crippen LogP contribution in [0.3, 0.4) is 0 Å². The molecular formula is C22H20ClFN4O3. The molecule has 1 amide bonds. The van der Waals surface area contributed by atoms with E-state index in [1.54, 1.807) is 31.2 Å². The van der Waals surface area contributed by atoms with Gasteiger partial charge in [-0.15, -0.1) is 0 Å². The van der Waals surface area contributed by atoms with Crippen molar-refractivity contribution in [3.8, 4) is 5.69 Å². The number of morpholine rings is 1. The first kappa shape index (κ1) is 21.0. The zero-order valence-corrected chi connectivity index (χ0v) is 17.5. The predicted octanol–water partition coefficient (Wildman–Crippen LogP) is 3.42. The average molecular weight is 443 g/mol. The van der Waals surface area contributed by atoms with E-state index in [9.17, 15) is 14.0 Å². The van der Waals surface area contributed by atoms with Crippen LogP contribution < -0.4 is 15.6 Å². The van der Waals surface area contributed by atoms with Crippen LogP contribution in [-0.4, -0.2) is 42.0 Å². The first-order chi connectivity index (χ1) is 14.9. The fourth-order valence-corrected chi connectivity index (χ4v) is 3.61. The van der Waals surface area contributed by atoms with Gasteiger partial charge in [-0.2, -0.15) is 5.10 Å². The molecule has 1 aliphatic rings. The molecule has 0 unspecified atom stereocenters. The van der Waals surface area contributed by atoms with Gasteiger partial charge in [0, 0.05) is 29.9 Å². The third kappa shape index (κ3) is 4.45.